The molecule has 1 atom stereocenters. The van der Waals surface area contributed by atoms with E-state index in [4.69, 9.17) is 4.74 Å². The van der Waals surface area contributed by atoms with Gasteiger partial charge in [-0.2, -0.15) is 0 Å². The largest absolute Gasteiger partial charge is 0.444 e. The molecule has 1 amide bonds. The van der Waals surface area contributed by atoms with Gasteiger partial charge in [0.25, 0.3) is 5.56 Å². The zero-order valence-corrected chi connectivity index (χ0v) is 17.2. The van der Waals surface area contributed by atoms with Crippen LogP contribution in [0.2, 0.25) is 0 Å². The summed E-state index contributed by atoms with van der Waals surface area (Å²) in [5.74, 6) is 0. The van der Waals surface area contributed by atoms with Gasteiger partial charge in [0.1, 0.15) is 6.61 Å². The van der Waals surface area contributed by atoms with E-state index in [2.05, 4.69) is 6.07 Å². The number of carbonyl (C=O) groups is 1. The van der Waals surface area contributed by atoms with Gasteiger partial charge < -0.3 is 19.3 Å². The van der Waals surface area contributed by atoms with Crippen molar-refractivity contribution >= 4 is 17.4 Å². The van der Waals surface area contributed by atoms with E-state index in [-0.39, 0.29) is 12.2 Å². The van der Waals surface area contributed by atoms with Crippen LogP contribution in [0.1, 0.15) is 17.5 Å². The second-order valence-corrected chi connectivity index (χ2v) is 8.64. The van der Waals surface area contributed by atoms with E-state index in [9.17, 15) is 14.7 Å². The molecule has 0 radical (unpaired) electrons. The summed E-state index contributed by atoms with van der Waals surface area (Å²) >= 11 is 1.61. The lowest BCUT2D eigenvalue weighted by molar-refractivity contribution is 0.0971. The van der Waals surface area contributed by atoms with Gasteiger partial charge >= 0.3 is 6.09 Å². The molecule has 5 rings (SSSR count). The van der Waals surface area contributed by atoms with Gasteiger partial charge in [-0.25, -0.2) is 4.79 Å². The standard InChI is InChI=1S/C23H22N2O4S/c26-18-7-9-24(13-18)23(28)29-14-17-12-19(15-4-2-1-3-5-15)22(27)25-10-6-16-8-11-30-21(16)20(17)25/h1-5,8,11-12,18,26H,6-7,9-10,13-14H2. The van der Waals surface area contributed by atoms with Crippen LogP contribution in [0.3, 0.4) is 0 Å². The second-order valence-electron chi connectivity index (χ2n) is 7.72. The van der Waals surface area contributed by atoms with Gasteiger partial charge in [-0.05, 0) is 41.5 Å². The molecule has 0 aliphatic carbocycles. The predicted molar refractivity (Wildman–Crippen MR) is 116 cm³/mol. The minimum Gasteiger partial charge on any atom is -0.444 e. The number of thiophene rings is 1. The molecule has 0 bridgehead atoms. The van der Waals surface area contributed by atoms with Crippen molar-refractivity contribution in [2.45, 2.75) is 32.1 Å². The number of aryl methyl sites for hydroxylation is 1. The van der Waals surface area contributed by atoms with Gasteiger partial charge in [0.05, 0.1) is 16.7 Å². The Hall–Kier alpha value is -2.90. The molecule has 0 saturated carbocycles. The third-order valence-corrected chi connectivity index (χ3v) is 6.76. The average Bonchev–Trinajstić information content (AvgIpc) is 3.42. The second kappa shape index (κ2) is 7.74. The first kappa shape index (κ1) is 19.1. The fourth-order valence-corrected chi connectivity index (χ4v) is 5.29. The van der Waals surface area contributed by atoms with Gasteiger partial charge in [-0.1, -0.05) is 30.3 Å². The number of benzene rings is 1. The third kappa shape index (κ3) is 3.34. The number of pyridine rings is 1. The number of aromatic nitrogens is 1. The Kier molecular flexibility index (Phi) is 4.92. The summed E-state index contributed by atoms with van der Waals surface area (Å²) in [6.45, 7) is 1.49. The van der Waals surface area contributed by atoms with Crippen molar-refractivity contribution < 1.29 is 14.6 Å². The molecule has 2 aliphatic rings. The maximum atomic E-state index is 13.3. The minimum absolute atomic E-state index is 0.0204. The summed E-state index contributed by atoms with van der Waals surface area (Å²) in [6, 6.07) is 13.5. The molecule has 154 valence electrons. The lowest BCUT2D eigenvalue weighted by atomic mass is 9.98. The number of amides is 1. The van der Waals surface area contributed by atoms with E-state index < -0.39 is 12.2 Å². The maximum absolute atomic E-state index is 13.3. The van der Waals surface area contributed by atoms with Crippen molar-refractivity contribution in [2.75, 3.05) is 13.1 Å². The van der Waals surface area contributed by atoms with E-state index in [1.54, 1.807) is 11.3 Å². The monoisotopic (exact) mass is 422 g/mol. The first-order valence-corrected chi connectivity index (χ1v) is 11.0. The summed E-state index contributed by atoms with van der Waals surface area (Å²) in [7, 11) is 0. The van der Waals surface area contributed by atoms with Crippen molar-refractivity contribution in [1.82, 2.24) is 9.47 Å². The van der Waals surface area contributed by atoms with Crippen LogP contribution in [0.4, 0.5) is 4.79 Å². The Balaban J connectivity index is 1.55. The Labute approximate surface area is 178 Å². The molecule has 1 aromatic carbocycles. The van der Waals surface area contributed by atoms with Crippen molar-refractivity contribution in [3.8, 4) is 21.7 Å². The van der Waals surface area contributed by atoms with Crippen LogP contribution < -0.4 is 5.56 Å². The van der Waals surface area contributed by atoms with E-state index >= 15 is 0 Å². The minimum atomic E-state index is -0.487. The van der Waals surface area contributed by atoms with Crippen molar-refractivity contribution in [3.63, 3.8) is 0 Å². The van der Waals surface area contributed by atoms with Crippen LogP contribution in [0.5, 0.6) is 0 Å². The molecule has 30 heavy (non-hydrogen) atoms. The number of nitrogens with zero attached hydrogens (tertiary/aromatic N) is 2. The van der Waals surface area contributed by atoms with Crippen molar-refractivity contribution in [3.05, 3.63) is 69.3 Å². The molecule has 7 heteroatoms. The molecular formula is C23H22N2O4S. The van der Waals surface area contributed by atoms with Crippen LogP contribution in [-0.4, -0.2) is 39.9 Å². The highest BCUT2D eigenvalue weighted by Crippen LogP contribution is 2.37. The Morgan fingerprint density at radius 1 is 1.20 bits per heavy atom. The number of aliphatic hydroxyl groups excluding tert-OH is 1. The predicted octanol–water partition coefficient (Wildman–Crippen LogP) is 3.50. The number of aliphatic hydroxyl groups is 1. The highest BCUT2D eigenvalue weighted by Gasteiger charge is 2.28. The lowest BCUT2D eigenvalue weighted by Gasteiger charge is -2.24. The van der Waals surface area contributed by atoms with Gasteiger partial charge in [-0.3, -0.25) is 4.79 Å². The molecule has 6 nitrogen and oxygen atoms in total. The first-order valence-electron chi connectivity index (χ1n) is 10.1. The molecule has 0 spiro atoms. The number of hydrogen-bond acceptors (Lipinski definition) is 5. The highest BCUT2D eigenvalue weighted by atomic mass is 32.1. The number of hydrogen-bond donors (Lipinski definition) is 1. The van der Waals surface area contributed by atoms with Crippen molar-refractivity contribution in [1.29, 1.82) is 0 Å². The van der Waals surface area contributed by atoms with E-state index in [0.717, 1.165) is 28.1 Å². The van der Waals surface area contributed by atoms with Crippen LogP contribution >= 0.6 is 11.3 Å². The Bertz CT molecular complexity index is 1150. The normalized spacial score (nSPS) is 17.5. The number of carbonyl (C=O) groups excluding carboxylic acids is 1. The number of likely N-dealkylation sites (tertiary alicyclic amines) is 1. The number of β-amino-alcohol motifs (C(OH)–C–C–N with tert-alkyl or cyclic N) is 1. The van der Waals surface area contributed by atoms with Gasteiger partial charge in [0.2, 0.25) is 0 Å². The Morgan fingerprint density at radius 2 is 2.03 bits per heavy atom. The smallest absolute Gasteiger partial charge is 0.410 e. The molecule has 1 unspecified atom stereocenters. The van der Waals surface area contributed by atoms with Crippen LogP contribution in [0.25, 0.3) is 21.7 Å². The summed E-state index contributed by atoms with van der Waals surface area (Å²) in [6.07, 6.45) is 0.468. The highest BCUT2D eigenvalue weighted by molar-refractivity contribution is 7.13. The SMILES string of the molecule is O=C(OCc1cc(-c2ccccc2)c(=O)n2c1-c1sccc1CC2)N1CCC(O)C1. The van der Waals surface area contributed by atoms with E-state index in [1.165, 1.54) is 10.5 Å². The molecule has 2 aromatic heterocycles. The zero-order chi connectivity index (χ0) is 20.7. The molecule has 4 heterocycles. The van der Waals surface area contributed by atoms with Gasteiger partial charge in [0.15, 0.2) is 0 Å². The summed E-state index contributed by atoms with van der Waals surface area (Å²) in [5.41, 5.74) is 4.34. The summed E-state index contributed by atoms with van der Waals surface area (Å²) in [4.78, 5) is 28.4. The number of ether oxygens (including phenoxy) is 1. The number of fused-ring (bicyclic) bond motifs is 3. The fraction of sp³-hybridized carbons (Fsp3) is 0.304. The Morgan fingerprint density at radius 3 is 2.80 bits per heavy atom. The van der Waals surface area contributed by atoms with Crippen LogP contribution in [0.15, 0.2) is 52.6 Å². The zero-order valence-electron chi connectivity index (χ0n) is 16.4. The summed E-state index contributed by atoms with van der Waals surface area (Å²) < 4.78 is 7.44. The first-order chi connectivity index (χ1) is 14.6. The summed E-state index contributed by atoms with van der Waals surface area (Å²) in [5, 5.41) is 11.7. The van der Waals surface area contributed by atoms with Crippen molar-refractivity contribution in [2.24, 2.45) is 0 Å². The van der Waals surface area contributed by atoms with Gasteiger partial charge in [-0.15, -0.1) is 11.3 Å². The molecule has 1 N–H and O–H groups in total. The molecule has 2 aliphatic heterocycles. The topological polar surface area (TPSA) is 71.8 Å². The molecular weight excluding hydrogens is 400 g/mol. The maximum Gasteiger partial charge on any atom is 0.410 e. The number of rotatable bonds is 3. The van der Waals surface area contributed by atoms with Crippen LogP contribution in [0, 0.1) is 0 Å². The van der Waals surface area contributed by atoms with Crippen LogP contribution in [-0.2, 0) is 24.3 Å². The quantitative estimate of drug-likeness (QED) is 0.701. The lowest BCUT2D eigenvalue weighted by Crippen LogP contribution is -2.31. The molecule has 3 aromatic rings. The fourth-order valence-electron chi connectivity index (χ4n) is 4.25. The molecule has 1 saturated heterocycles. The molecule has 1 fully saturated rings. The van der Waals surface area contributed by atoms with E-state index in [1.807, 2.05) is 46.3 Å². The third-order valence-electron chi connectivity index (χ3n) is 5.79. The van der Waals surface area contributed by atoms with E-state index in [0.29, 0.717) is 31.6 Å². The van der Waals surface area contributed by atoms with Gasteiger partial charge in [0, 0.05) is 30.8 Å². The average molecular weight is 423 g/mol.